The molecule has 15 nitrogen and oxygen atoms in total. The zero-order chi connectivity index (χ0) is 33.4. The first-order chi connectivity index (χ1) is 23.0. The molecule has 1 aromatic carbocycles. The highest BCUT2D eigenvalue weighted by Crippen LogP contribution is 2.59. The minimum absolute atomic E-state index is 0.149. The number of hydrogen-bond acceptors (Lipinski definition) is 9. The number of urea groups is 1. The first-order valence-corrected chi connectivity index (χ1v) is 17.6. The molecule has 5 atom stereocenters. The van der Waals surface area contributed by atoms with Crippen LogP contribution in [0.4, 0.5) is 22.0 Å². The molecule has 3 amide bonds. The van der Waals surface area contributed by atoms with E-state index in [4.69, 9.17) is 14.2 Å². The Labute approximate surface area is 279 Å². The van der Waals surface area contributed by atoms with E-state index in [1.165, 1.54) is 31.9 Å². The molecular formula is C32H40N8O7S. The summed E-state index contributed by atoms with van der Waals surface area (Å²) in [5.41, 5.74) is 1.15. The van der Waals surface area contributed by atoms with Gasteiger partial charge < -0.3 is 24.8 Å². The number of nitrogens with one attached hydrogen (secondary N) is 3. The number of fused-ring (bicyclic) bond motifs is 2. The van der Waals surface area contributed by atoms with E-state index in [0.717, 1.165) is 19.3 Å². The molecule has 2 saturated heterocycles. The fourth-order valence-corrected chi connectivity index (χ4v) is 10.1. The molecule has 4 N–H and O–H groups in total. The first kappa shape index (κ1) is 31.6. The van der Waals surface area contributed by atoms with Crippen molar-refractivity contribution in [3.8, 4) is 0 Å². The molecule has 4 aliphatic carbocycles. The van der Waals surface area contributed by atoms with Gasteiger partial charge in [0.2, 0.25) is 0 Å². The Morgan fingerprint density at radius 3 is 2.40 bits per heavy atom. The molecule has 6 fully saturated rings. The van der Waals surface area contributed by atoms with Crippen LogP contribution < -0.4 is 20.3 Å². The predicted molar refractivity (Wildman–Crippen MR) is 175 cm³/mol. The largest absolute Gasteiger partial charge is 0.354 e. The summed E-state index contributed by atoms with van der Waals surface area (Å²) in [5, 5.41) is 8.45. The monoisotopic (exact) mass is 680 g/mol. The maximum atomic E-state index is 13.5. The zero-order valence-corrected chi connectivity index (χ0v) is 27.8. The van der Waals surface area contributed by atoms with Crippen LogP contribution in [0.2, 0.25) is 0 Å². The number of hydrogen-bond donors (Lipinski definition) is 4. The molecule has 4 bridgehead atoms. The third kappa shape index (κ3) is 5.33. The topological polar surface area (TPSA) is 182 Å². The minimum Gasteiger partial charge on any atom is -0.354 e. The van der Waals surface area contributed by atoms with Gasteiger partial charge in [-0.1, -0.05) is 12.1 Å². The highest BCUT2D eigenvalue weighted by atomic mass is 32.2. The van der Waals surface area contributed by atoms with Crippen LogP contribution >= 0.6 is 0 Å². The van der Waals surface area contributed by atoms with Gasteiger partial charge in [0, 0.05) is 6.54 Å². The third-order valence-electron chi connectivity index (χ3n) is 10.5. The van der Waals surface area contributed by atoms with E-state index in [9.17, 15) is 18.4 Å². The van der Waals surface area contributed by atoms with E-state index < -0.39 is 53.2 Å². The van der Waals surface area contributed by atoms with Gasteiger partial charge in [0.05, 0.1) is 23.2 Å². The lowest BCUT2D eigenvalue weighted by molar-refractivity contribution is -0.197. The van der Waals surface area contributed by atoms with Gasteiger partial charge in [-0.05, 0) is 89.2 Å². The molecule has 0 spiro atoms. The number of rotatable bonds is 8. The fourth-order valence-electron chi connectivity index (χ4n) is 9.25. The Morgan fingerprint density at radius 1 is 1.02 bits per heavy atom. The number of nitrogens with zero attached hydrogens (tertiary/aromatic N) is 5. The summed E-state index contributed by atoms with van der Waals surface area (Å²) in [4.78, 5) is 39.5. The van der Waals surface area contributed by atoms with Crippen LogP contribution in [0.25, 0.3) is 11.2 Å². The van der Waals surface area contributed by atoms with Gasteiger partial charge in [-0.25, -0.2) is 24.0 Å². The SMILES string of the molecule is CCNC(=O)[C@H]1O[C@@H](n2cnc3c(NC(=O)Nc4ccccc4N(S(=O)O)C45CC6CC(CC(C6)C4)C5)ncnc32)[C@@H]2OC(C)(C)O[C@@H]21. The summed E-state index contributed by atoms with van der Waals surface area (Å²) in [7, 11) is 0. The van der Waals surface area contributed by atoms with Gasteiger partial charge in [-0.15, -0.1) is 0 Å². The molecule has 0 radical (unpaired) electrons. The lowest BCUT2D eigenvalue weighted by atomic mass is 9.53. The Morgan fingerprint density at radius 2 is 1.71 bits per heavy atom. The lowest BCUT2D eigenvalue weighted by Gasteiger charge is -2.59. The number of anilines is 3. The molecule has 6 aliphatic rings. The standard InChI is InChI=1S/C32H40N8O7S/c1-4-33-28(41)24-23-25(47-31(2,3)46-23)29(45-24)39-16-36-22-26(34-15-35-27(22)39)38-30(42)37-20-7-5-6-8-21(20)40(48(43)44)32-12-17-9-18(13-32)11-19(10-17)14-32/h5-8,15-19,23-25,29H,4,9-14H2,1-3H3,(H,33,41)(H,43,44)(H2,34,35,37,38,42)/t17?,18?,19?,23-,24+,25-,29-,32?/m1/s1. The molecular weight excluding hydrogens is 640 g/mol. The van der Waals surface area contributed by atoms with Crippen molar-refractivity contribution in [2.24, 2.45) is 17.8 Å². The quantitative estimate of drug-likeness (QED) is 0.255. The van der Waals surface area contributed by atoms with Crippen LogP contribution in [0, 0.1) is 17.8 Å². The van der Waals surface area contributed by atoms with Gasteiger partial charge in [0.15, 0.2) is 35.1 Å². The van der Waals surface area contributed by atoms with Gasteiger partial charge in [0.1, 0.15) is 18.5 Å². The lowest BCUT2D eigenvalue weighted by Crippen LogP contribution is -2.60. The van der Waals surface area contributed by atoms with Crippen molar-refractivity contribution in [1.29, 1.82) is 0 Å². The van der Waals surface area contributed by atoms with Crippen molar-refractivity contribution in [2.45, 2.75) is 95.2 Å². The second-order valence-electron chi connectivity index (χ2n) is 14.2. The molecule has 9 rings (SSSR count). The van der Waals surface area contributed by atoms with Gasteiger partial charge >= 0.3 is 6.03 Å². The highest BCUT2D eigenvalue weighted by molar-refractivity contribution is 7.80. The average Bonchev–Trinajstić information content (AvgIpc) is 3.68. The fraction of sp³-hybridized carbons (Fsp3) is 0.594. The molecule has 1 unspecified atom stereocenters. The highest BCUT2D eigenvalue weighted by Gasteiger charge is 2.58. The van der Waals surface area contributed by atoms with E-state index in [0.29, 0.717) is 46.8 Å². The second-order valence-corrected chi connectivity index (χ2v) is 15.0. The second kappa shape index (κ2) is 11.7. The number of likely N-dealkylation sites (N-methyl/N-ethyl adjacent to an activating group) is 1. The van der Waals surface area contributed by atoms with Crippen molar-refractivity contribution >= 4 is 51.6 Å². The molecule has 16 heteroatoms. The molecule has 2 aromatic heterocycles. The van der Waals surface area contributed by atoms with Gasteiger partial charge in [-0.3, -0.25) is 23.5 Å². The number of ether oxygens (including phenoxy) is 3. The zero-order valence-electron chi connectivity index (χ0n) is 27.0. The maximum Gasteiger partial charge on any atom is 0.324 e. The molecule has 3 aromatic rings. The summed E-state index contributed by atoms with van der Waals surface area (Å²) in [6.45, 7) is 5.83. The van der Waals surface area contributed by atoms with Crippen LogP contribution in [0.5, 0.6) is 0 Å². The van der Waals surface area contributed by atoms with Crippen LogP contribution in [-0.2, 0) is 30.3 Å². The van der Waals surface area contributed by atoms with E-state index in [-0.39, 0.29) is 11.7 Å². The van der Waals surface area contributed by atoms with E-state index in [2.05, 4.69) is 30.9 Å². The van der Waals surface area contributed by atoms with E-state index in [1.807, 2.05) is 13.0 Å². The van der Waals surface area contributed by atoms with Crippen molar-refractivity contribution in [3.63, 3.8) is 0 Å². The maximum absolute atomic E-state index is 13.5. The molecule has 48 heavy (non-hydrogen) atoms. The number of carbonyl (C=O) groups is 2. The summed E-state index contributed by atoms with van der Waals surface area (Å²) >= 11 is -2.29. The molecule has 256 valence electrons. The van der Waals surface area contributed by atoms with Crippen LogP contribution in [-0.4, -0.2) is 76.4 Å². The Hall–Kier alpha value is -3.70. The Bertz CT molecular complexity index is 1750. The third-order valence-corrected chi connectivity index (χ3v) is 11.4. The smallest absolute Gasteiger partial charge is 0.324 e. The Kier molecular flexibility index (Phi) is 7.71. The van der Waals surface area contributed by atoms with Crippen molar-refractivity contribution in [3.05, 3.63) is 36.9 Å². The molecule has 2 aliphatic heterocycles. The number of amides is 3. The van der Waals surface area contributed by atoms with E-state index >= 15 is 0 Å². The summed E-state index contributed by atoms with van der Waals surface area (Å²) in [6, 6.07) is 6.50. The Balaban J connectivity index is 1.04. The van der Waals surface area contributed by atoms with Crippen LogP contribution in [0.3, 0.4) is 0 Å². The molecule has 4 saturated carbocycles. The van der Waals surface area contributed by atoms with Gasteiger partial charge in [0.25, 0.3) is 17.2 Å². The number of benzene rings is 1. The van der Waals surface area contributed by atoms with Crippen LogP contribution in [0.1, 0.15) is 65.5 Å². The van der Waals surface area contributed by atoms with Crippen LogP contribution in [0.15, 0.2) is 36.9 Å². The minimum atomic E-state index is -2.29. The number of carbonyl (C=O) groups excluding carboxylic acids is 2. The van der Waals surface area contributed by atoms with E-state index in [1.54, 1.807) is 40.9 Å². The van der Waals surface area contributed by atoms with Crippen molar-refractivity contribution in [2.75, 3.05) is 21.5 Å². The summed E-state index contributed by atoms with van der Waals surface area (Å²) in [6.07, 6.45) is 6.05. The summed E-state index contributed by atoms with van der Waals surface area (Å²) < 4.78 is 45.4. The van der Waals surface area contributed by atoms with Gasteiger partial charge in [-0.2, -0.15) is 0 Å². The number of aromatic nitrogens is 4. The van der Waals surface area contributed by atoms with Crippen molar-refractivity contribution < 1.29 is 32.6 Å². The first-order valence-electron chi connectivity index (χ1n) is 16.6. The predicted octanol–water partition coefficient (Wildman–Crippen LogP) is 3.94. The number of imidazole rings is 1. The number of para-hydroxylation sites is 2. The summed E-state index contributed by atoms with van der Waals surface area (Å²) in [5.74, 6) is 0.597. The van der Waals surface area contributed by atoms with Crippen molar-refractivity contribution in [1.82, 2.24) is 24.8 Å². The normalized spacial score (nSPS) is 33.4. The molecule has 4 heterocycles. The average molecular weight is 681 g/mol.